The molecule has 4 nitrogen and oxygen atoms in total. The Balaban J connectivity index is 1.96. The van der Waals surface area contributed by atoms with Crippen LogP contribution in [-0.2, 0) is 6.42 Å². The maximum Gasteiger partial charge on any atom is 0.133 e. The van der Waals surface area contributed by atoms with Gasteiger partial charge in [0, 0.05) is 6.42 Å². The number of benzene rings is 2. The van der Waals surface area contributed by atoms with Gasteiger partial charge in [-0.15, -0.1) is 0 Å². The van der Waals surface area contributed by atoms with Crippen molar-refractivity contribution in [1.29, 1.82) is 0 Å². The molecule has 0 spiro atoms. The van der Waals surface area contributed by atoms with Gasteiger partial charge < -0.3 is 9.47 Å². The van der Waals surface area contributed by atoms with Crippen molar-refractivity contribution >= 4 is 15.9 Å². The van der Waals surface area contributed by atoms with E-state index in [1.165, 1.54) is 5.56 Å². The van der Waals surface area contributed by atoms with Gasteiger partial charge in [-0.05, 0) is 50.8 Å². The highest BCUT2D eigenvalue weighted by atomic mass is 79.9. The van der Waals surface area contributed by atoms with Gasteiger partial charge in [0.1, 0.15) is 11.5 Å². The summed E-state index contributed by atoms with van der Waals surface area (Å²) in [5.41, 5.74) is 6.32. The summed E-state index contributed by atoms with van der Waals surface area (Å²) in [6.07, 6.45) is 0.951. The normalized spacial score (nSPS) is 14.4. The Kier molecular flexibility index (Phi) is 4.14. The van der Waals surface area contributed by atoms with E-state index >= 15 is 0 Å². The van der Waals surface area contributed by atoms with Crippen molar-refractivity contribution in [3.63, 3.8) is 0 Å². The molecule has 1 heterocycles. The van der Waals surface area contributed by atoms with Crippen LogP contribution in [-0.4, -0.2) is 13.7 Å². The molecule has 0 aromatic heterocycles. The Morgan fingerprint density at radius 1 is 1.24 bits per heavy atom. The fraction of sp³-hybridized carbons (Fsp3) is 0.250. The quantitative estimate of drug-likeness (QED) is 0.658. The second-order valence-electron chi connectivity index (χ2n) is 4.96. The van der Waals surface area contributed by atoms with Gasteiger partial charge in [-0.25, -0.2) is 5.43 Å². The molecule has 0 fully saturated rings. The van der Waals surface area contributed by atoms with Crippen molar-refractivity contribution in [2.24, 2.45) is 5.84 Å². The molecule has 0 saturated heterocycles. The minimum Gasteiger partial charge on any atom is -0.496 e. The number of rotatable bonds is 4. The summed E-state index contributed by atoms with van der Waals surface area (Å²) in [6, 6.07) is 12.1. The Morgan fingerprint density at radius 2 is 2.00 bits per heavy atom. The topological polar surface area (TPSA) is 56.5 Å². The third-order valence-corrected chi connectivity index (χ3v) is 4.34. The van der Waals surface area contributed by atoms with Gasteiger partial charge in [-0.1, -0.05) is 18.2 Å². The summed E-state index contributed by atoms with van der Waals surface area (Å²) in [5.74, 6) is 7.55. The van der Waals surface area contributed by atoms with Gasteiger partial charge in [-0.2, -0.15) is 0 Å². The predicted octanol–water partition coefficient (Wildman–Crippen LogP) is 2.95. The fourth-order valence-corrected chi connectivity index (χ4v) is 3.19. The van der Waals surface area contributed by atoms with Crippen molar-refractivity contribution in [2.45, 2.75) is 12.5 Å². The Hall–Kier alpha value is -1.56. The van der Waals surface area contributed by atoms with Gasteiger partial charge >= 0.3 is 0 Å². The third-order valence-electron chi connectivity index (χ3n) is 3.72. The van der Waals surface area contributed by atoms with E-state index in [9.17, 15) is 0 Å². The Morgan fingerprint density at radius 3 is 2.71 bits per heavy atom. The molecule has 1 atom stereocenters. The number of hydrogen-bond acceptors (Lipinski definition) is 4. The Bertz CT molecular complexity index is 661. The number of ether oxygens (including phenoxy) is 2. The molecule has 0 radical (unpaired) electrons. The molecule has 0 saturated carbocycles. The molecule has 1 aliphatic rings. The van der Waals surface area contributed by atoms with Crippen LogP contribution in [0.3, 0.4) is 0 Å². The smallest absolute Gasteiger partial charge is 0.133 e. The number of halogens is 1. The number of nitrogens with two attached hydrogens (primary N) is 1. The molecule has 21 heavy (non-hydrogen) atoms. The van der Waals surface area contributed by atoms with E-state index in [0.717, 1.165) is 40.1 Å². The molecule has 110 valence electrons. The maximum atomic E-state index is 5.77. The average molecular weight is 349 g/mol. The minimum absolute atomic E-state index is 0.0712. The molecule has 2 aromatic rings. The molecule has 0 bridgehead atoms. The first-order valence-corrected chi connectivity index (χ1v) is 7.57. The monoisotopic (exact) mass is 348 g/mol. The first kappa shape index (κ1) is 14.4. The first-order chi connectivity index (χ1) is 10.2. The second-order valence-corrected chi connectivity index (χ2v) is 5.81. The molecule has 5 heteroatoms. The number of methoxy groups -OCH3 is 1. The Labute approximate surface area is 132 Å². The molecule has 1 unspecified atom stereocenters. The summed E-state index contributed by atoms with van der Waals surface area (Å²) in [7, 11) is 1.65. The lowest BCUT2D eigenvalue weighted by atomic mass is 9.97. The van der Waals surface area contributed by atoms with Crippen molar-refractivity contribution in [1.82, 2.24) is 5.43 Å². The number of fused-ring (bicyclic) bond motifs is 1. The zero-order valence-electron chi connectivity index (χ0n) is 11.7. The van der Waals surface area contributed by atoms with Gasteiger partial charge in [0.15, 0.2) is 0 Å². The van der Waals surface area contributed by atoms with Gasteiger partial charge in [0.05, 0.1) is 24.2 Å². The van der Waals surface area contributed by atoms with Crippen LogP contribution in [0.1, 0.15) is 22.7 Å². The molecular formula is C16H17BrN2O2. The van der Waals surface area contributed by atoms with Crippen LogP contribution < -0.4 is 20.7 Å². The second kappa shape index (κ2) is 6.05. The molecule has 1 aliphatic heterocycles. The summed E-state index contributed by atoms with van der Waals surface area (Å²) >= 11 is 3.51. The van der Waals surface area contributed by atoms with E-state index in [2.05, 4.69) is 27.4 Å². The zero-order chi connectivity index (χ0) is 14.8. The van der Waals surface area contributed by atoms with Crippen LogP contribution >= 0.6 is 15.9 Å². The lowest BCUT2D eigenvalue weighted by molar-refractivity contribution is 0.357. The zero-order valence-corrected chi connectivity index (χ0v) is 13.3. The highest BCUT2D eigenvalue weighted by Gasteiger charge is 2.18. The van der Waals surface area contributed by atoms with Gasteiger partial charge in [-0.3, -0.25) is 5.84 Å². The standard InChI is InChI=1S/C16H17BrN2O2/c1-20-15-5-3-12(9-13(15)17)16(19-18)11-2-4-14-10(8-11)6-7-21-14/h2-5,8-9,16,19H,6-7,18H2,1H3. The number of hydrazine groups is 1. The summed E-state index contributed by atoms with van der Waals surface area (Å²) in [4.78, 5) is 0. The summed E-state index contributed by atoms with van der Waals surface area (Å²) in [6.45, 7) is 0.758. The SMILES string of the molecule is COc1ccc(C(NN)c2ccc3c(c2)CCO3)cc1Br. The van der Waals surface area contributed by atoms with E-state index in [4.69, 9.17) is 15.3 Å². The first-order valence-electron chi connectivity index (χ1n) is 6.78. The molecule has 2 aromatic carbocycles. The predicted molar refractivity (Wildman–Crippen MR) is 85.5 cm³/mol. The number of nitrogens with one attached hydrogen (secondary N) is 1. The fourth-order valence-electron chi connectivity index (χ4n) is 2.63. The van der Waals surface area contributed by atoms with E-state index in [0.29, 0.717) is 0 Å². The molecule has 0 aliphatic carbocycles. The number of hydrogen-bond donors (Lipinski definition) is 2. The highest BCUT2D eigenvalue weighted by Crippen LogP contribution is 2.33. The van der Waals surface area contributed by atoms with Crippen molar-refractivity contribution in [2.75, 3.05) is 13.7 Å². The van der Waals surface area contributed by atoms with E-state index < -0.39 is 0 Å². The van der Waals surface area contributed by atoms with Crippen molar-refractivity contribution < 1.29 is 9.47 Å². The van der Waals surface area contributed by atoms with E-state index in [1.54, 1.807) is 7.11 Å². The van der Waals surface area contributed by atoms with E-state index in [1.807, 2.05) is 30.3 Å². The van der Waals surface area contributed by atoms with Crippen LogP contribution in [0.2, 0.25) is 0 Å². The lowest BCUT2D eigenvalue weighted by Crippen LogP contribution is -2.28. The average Bonchev–Trinajstić information content (AvgIpc) is 2.96. The van der Waals surface area contributed by atoms with E-state index in [-0.39, 0.29) is 6.04 Å². The van der Waals surface area contributed by atoms with Crippen molar-refractivity contribution in [3.8, 4) is 11.5 Å². The lowest BCUT2D eigenvalue weighted by Gasteiger charge is -2.18. The van der Waals surface area contributed by atoms with Crippen molar-refractivity contribution in [3.05, 3.63) is 57.6 Å². The molecule has 3 rings (SSSR count). The van der Waals surface area contributed by atoms with Gasteiger partial charge in [0.2, 0.25) is 0 Å². The van der Waals surface area contributed by atoms with Gasteiger partial charge in [0.25, 0.3) is 0 Å². The van der Waals surface area contributed by atoms with Crippen LogP contribution in [0.25, 0.3) is 0 Å². The van der Waals surface area contributed by atoms with Crippen LogP contribution in [0.5, 0.6) is 11.5 Å². The summed E-state index contributed by atoms with van der Waals surface area (Å²) in [5, 5.41) is 0. The molecule has 3 N–H and O–H groups in total. The highest BCUT2D eigenvalue weighted by molar-refractivity contribution is 9.10. The van der Waals surface area contributed by atoms with Crippen LogP contribution in [0.15, 0.2) is 40.9 Å². The minimum atomic E-state index is -0.0712. The van der Waals surface area contributed by atoms with Crippen LogP contribution in [0.4, 0.5) is 0 Å². The van der Waals surface area contributed by atoms with Crippen LogP contribution in [0, 0.1) is 0 Å². The summed E-state index contributed by atoms with van der Waals surface area (Å²) < 4.78 is 11.7. The largest absolute Gasteiger partial charge is 0.496 e. The molecular weight excluding hydrogens is 332 g/mol. The third kappa shape index (κ3) is 2.77. The molecule has 0 amide bonds. The maximum absolute atomic E-state index is 5.77.